The number of piperidine rings is 1. The zero-order valence-electron chi connectivity index (χ0n) is 23.0. The van der Waals surface area contributed by atoms with E-state index >= 15 is 0 Å². The highest BCUT2D eigenvalue weighted by atomic mass is 32.2. The molecule has 0 saturated carbocycles. The van der Waals surface area contributed by atoms with Crippen LogP contribution in [0.25, 0.3) is 0 Å². The molecule has 41 heavy (non-hydrogen) atoms. The molecule has 0 aromatic heterocycles. The van der Waals surface area contributed by atoms with Gasteiger partial charge in [-0.25, -0.2) is 8.42 Å². The summed E-state index contributed by atoms with van der Waals surface area (Å²) in [6.07, 6.45) is -0.192. The smallest absolute Gasteiger partial charge is 0.263 e. The van der Waals surface area contributed by atoms with Crippen LogP contribution in [0.4, 0.5) is 5.69 Å². The molecule has 0 unspecified atom stereocenters. The summed E-state index contributed by atoms with van der Waals surface area (Å²) in [5.74, 6) is 0.213. The first kappa shape index (κ1) is 28.4. The summed E-state index contributed by atoms with van der Waals surface area (Å²) in [5, 5.41) is 2.90. The van der Waals surface area contributed by atoms with Gasteiger partial charge in [-0.05, 0) is 42.7 Å². The van der Waals surface area contributed by atoms with Crippen molar-refractivity contribution in [2.45, 2.75) is 30.4 Å². The molecule has 2 aliphatic rings. The Morgan fingerprint density at radius 3 is 2.37 bits per heavy atom. The molecule has 216 valence electrons. The number of benzene rings is 3. The van der Waals surface area contributed by atoms with E-state index in [4.69, 9.17) is 14.2 Å². The van der Waals surface area contributed by atoms with Gasteiger partial charge in [0.2, 0.25) is 15.9 Å². The lowest BCUT2D eigenvalue weighted by Gasteiger charge is -2.38. The Morgan fingerprint density at radius 1 is 0.951 bits per heavy atom. The number of fused-ring (bicyclic) bond motifs is 1. The number of carbonyl (C=O) groups excluding carboxylic acids is 2. The molecule has 1 N–H and O–H groups in total. The number of methoxy groups -OCH3 is 2. The van der Waals surface area contributed by atoms with Gasteiger partial charge >= 0.3 is 0 Å². The van der Waals surface area contributed by atoms with Crippen molar-refractivity contribution in [3.63, 3.8) is 0 Å². The first-order chi connectivity index (χ1) is 19.8. The molecule has 1 saturated heterocycles. The molecule has 3 aromatic carbocycles. The quantitative estimate of drug-likeness (QED) is 0.436. The number of hydrogen-bond acceptors (Lipinski definition) is 7. The predicted octanol–water partition coefficient (Wildman–Crippen LogP) is 3.22. The Kier molecular flexibility index (Phi) is 8.46. The number of anilines is 1. The Morgan fingerprint density at radius 2 is 1.66 bits per heavy atom. The number of nitrogens with zero attached hydrogens (tertiary/aromatic N) is 2. The minimum Gasteiger partial charge on any atom is -0.497 e. The van der Waals surface area contributed by atoms with Crippen molar-refractivity contribution in [1.29, 1.82) is 0 Å². The molecule has 1 fully saturated rings. The molecule has 5 rings (SSSR count). The Labute approximate surface area is 239 Å². The fourth-order valence-electron chi connectivity index (χ4n) is 5.17. The number of rotatable bonds is 8. The van der Waals surface area contributed by atoms with Gasteiger partial charge in [-0.15, -0.1) is 0 Å². The van der Waals surface area contributed by atoms with Gasteiger partial charge in [-0.3, -0.25) is 9.59 Å². The second-order valence-electron chi connectivity index (χ2n) is 9.92. The third-order valence-corrected chi connectivity index (χ3v) is 9.35. The van der Waals surface area contributed by atoms with E-state index in [1.54, 1.807) is 35.2 Å². The number of ether oxygens (including phenoxy) is 3. The zero-order valence-corrected chi connectivity index (χ0v) is 23.8. The molecule has 11 heteroatoms. The highest BCUT2D eigenvalue weighted by Gasteiger charge is 2.39. The van der Waals surface area contributed by atoms with Crippen LogP contribution in [0, 0.1) is 5.92 Å². The molecule has 0 bridgehead atoms. The Hall–Kier alpha value is -4.09. The number of para-hydroxylation sites is 2. The summed E-state index contributed by atoms with van der Waals surface area (Å²) in [6, 6.07) is 21.3. The molecule has 1 atom stereocenters. The third-order valence-electron chi connectivity index (χ3n) is 7.43. The number of hydrogen-bond donors (Lipinski definition) is 1. The highest BCUT2D eigenvalue weighted by molar-refractivity contribution is 7.89. The standard InChI is InChI=1S/C30H33N3O7S/c1-38-23-12-13-26(39-2)28(18-23)41(36,37)32-16-14-22(15-17-32)30(35)33-20-27(40-25-11-7-6-10-24(25)33)29(34)31-19-21-8-4-3-5-9-21/h3-13,18,22,27H,14-17,19-20H2,1-2H3,(H,31,34)/t27-/m1/s1. The first-order valence-corrected chi connectivity index (χ1v) is 14.9. The fraction of sp³-hybridized carbons (Fsp3) is 0.333. The maximum atomic E-state index is 13.8. The van der Waals surface area contributed by atoms with Crippen LogP contribution < -0.4 is 24.4 Å². The second kappa shape index (κ2) is 12.2. The van der Waals surface area contributed by atoms with Gasteiger partial charge in [0.05, 0.1) is 26.5 Å². The van der Waals surface area contributed by atoms with Crippen molar-refractivity contribution in [3.8, 4) is 17.2 Å². The molecule has 0 radical (unpaired) electrons. The average Bonchev–Trinajstić information content (AvgIpc) is 3.02. The topological polar surface area (TPSA) is 114 Å². The monoisotopic (exact) mass is 579 g/mol. The maximum Gasteiger partial charge on any atom is 0.263 e. The predicted molar refractivity (Wildman–Crippen MR) is 153 cm³/mol. The molecule has 10 nitrogen and oxygen atoms in total. The molecule has 2 amide bonds. The normalized spacial score (nSPS) is 17.7. The van der Waals surface area contributed by atoms with Crippen LogP contribution in [-0.2, 0) is 26.2 Å². The molecule has 0 aliphatic carbocycles. The molecular formula is C30H33N3O7S. The van der Waals surface area contributed by atoms with E-state index < -0.39 is 22.0 Å². The van der Waals surface area contributed by atoms with Gasteiger partial charge in [0, 0.05) is 31.6 Å². The van der Waals surface area contributed by atoms with Crippen molar-refractivity contribution < 1.29 is 32.2 Å². The number of sulfonamides is 1. The zero-order chi connectivity index (χ0) is 29.0. The SMILES string of the molecule is COc1ccc(OC)c(S(=O)(=O)N2CCC(C(=O)N3C[C@H](C(=O)NCc4ccccc4)Oc4ccccc43)CC2)c1. The van der Waals surface area contributed by atoms with Crippen LogP contribution in [0.15, 0.2) is 77.7 Å². The van der Waals surface area contributed by atoms with E-state index in [-0.39, 0.29) is 42.1 Å². The largest absolute Gasteiger partial charge is 0.497 e. The average molecular weight is 580 g/mol. The lowest BCUT2D eigenvalue weighted by Crippen LogP contribution is -2.53. The van der Waals surface area contributed by atoms with Gasteiger partial charge < -0.3 is 24.4 Å². The number of nitrogens with one attached hydrogen (secondary N) is 1. The number of amides is 2. The van der Waals surface area contributed by atoms with Crippen LogP contribution in [0.5, 0.6) is 17.2 Å². The number of carbonyl (C=O) groups is 2. The van der Waals surface area contributed by atoms with Gasteiger partial charge in [0.1, 0.15) is 22.1 Å². The lowest BCUT2D eigenvalue weighted by atomic mass is 9.95. The summed E-state index contributed by atoms with van der Waals surface area (Å²) in [6.45, 7) is 0.758. The molecule has 0 spiro atoms. The fourth-order valence-corrected chi connectivity index (χ4v) is 6.81. The van der Waals surface area contributed by atoms with Crippen LogP contribution in [0.3, 0.4) is 0 Å². The Bertz CT molecular complexity index is 1510. The van der Waals surface area contributed by atoms with Gasteiger partial charge in [-0.1, -0.05) is 42.5 Å². The summed E-state index contributed by atoms with van der Waals surface area (Å²) >= 11 is 0. The Balaban J connectivity index is 1.28. The van der Waals surface area contributed by atoms with Crippen molar-refractivity contribution in [1.82, 2.24) is 9.62 Å². The van der Waals surface area contributed by atoms with Crippen LogP contribution in [0.2, 0.25) is 0 Å². The summed E-state index contributed by atoms with van der Waals surface area (Å²) < 4.78 is 44.9. The summed E-state index contributed by atoms with van der Waals surface area (Å²) in [4.78, 5) is 28.5. The minimum absolute atomic E-state index is 0.0237. The molecule has 3 aromatic rings. The van der Waals surface area contributed by atoms with E-state index in [9.17, 15) is 18.0 Å². The maximum absolute atomic E-state index is 13.8. The second-order valence-corrected chi connectivity index (χ2v) is 11.8. The van der Waals surface area contributed by atoms with Crippen molar-refractivity contribution >= 4 is 27.5 Å². The summed E-state index contributed by atoms with van der Waals surface area (Å²) in [7, 11) is -0.992. The van der Waals surface area contributed by atoms with Crippen molar-refractivity contribution in [2.75, 3.05) is 38.8 Å². The van der Waals surface area contributed by atoms with E-state index in [1.807, 2.05) is 36.4 Å². The van der Waals surface area contributed by atoms with Crippen LogP contribution in [-0.4, -0.2) is 64.5 Å². The highest BCUT2D eigenvalue weighted by Crippen LogP contribution is 2.37. The first-order valence-electron chi connectivity index (χ1n) is 13.4. The minimum atomic E-state index is -3.88. The third kappa shape index (κ3) is 6.01. The molecular weight excluding hydrogens is 546 g/mol. The summed E-state index contributed by atoms with van der Waals surface area (Å²) in [5.41, 5.74) is 1.55. The molecule has 2 heterocycles. The van der Waals surface area contributed by atoms with Crippen molar-refractivity contribution in [3.05, 3.63) is 78.4 Å². The van der Waals surface area contributed by atoms with E-state index in [2.05, 4.69) is 5.32 Å². The van der Waals surface area contributed by atoms with Crippen LogP contribution in [0.1, 0.15) is 18.4 Å². The van der Waals surface area contributed by atoms with Gasteiger partial charge in [0.15, 0.2) is 6.10 Å². The van der Waals surface area contributed by atoms with Gasteiger partial charge in [-0.2, -0.15) is 4.31 Å². The van der Waals surface area contributed by atoms with E-state index in [0.717, 1.165) is 5.56 Å². The van der Waals surface area contributed by atoms with E-state index in [0.29, 0.717) is 36.6 Å². The van der Waals surface area contributed by atoms with Crippen molar-refractivity contribution in [2.24, 2.45) is 5.92 Å². The van der Waals surface area contributed by atoms with Crippen LogP contribution >= 0.6 is 0 Å². The molecule has 2 aliphatic heterocycles. The lowest BCUT2D eigenvalue weighted by molar-refractivity contribution is -0.129. The van der Waals surface area contributed by atoms with Gasteiger partial charge in [0.25, 0.3) is 5.91 Å². The van der Waals surface area contributed by atoms with E-state index in [1.165, 1.54) is 24.6 Å².